The van der Waals surface area contributed by atoms with Gasteiger partial charge in [0.15, 0.2) is 0 Å². The maximum atomic E-state index is 12.4. The molecule has 100 valence electrons. The van der Waals surface area contributed by atoms with E-state index in [0.717, 1.165) is 17.3 Å². The number of anilines is 1. The lowest BCUT2D eigenvalue weighted by Crippen LogP contribution is -2.28. The minimum absolute atomic E-state index is 0.290. The summed E-state index contributed by atoms with van der Waals surface area (Å²) >= 11 is 0.922. The Bertz CT molecular complexity index is 704. The Labute approximate surface area is 120 Å². The van der Waals surface area contributed by atoms with Crippen LogP contribution in [0.1, 0.15) is 11.3 Å². The Morgan fingerprint density at radius 3 is 2.65 bits per heavy atom. The molecule has 1 fully saturated rings. The van der Waals surface area contributed by atoms with Crippen LogP contribution >= 0.6 is 11.8 Å². The molecule has 0 unspecified atom stereocenters. The first-order chi connectivity index (χ1) is 9.66. The summed E-state index contributed by atoms with van der Waals surface area (Å²) in [5.41, 5.74) is 1.51. The van der Waals surface area contributed by atoms with Gasteiger partial charge in [0.25, 0.3) is 11.1 Å². The Morgan fingerprint density at radius 2 is 1.95 bits per heavy atom. The molecule has 0 radical (unpaired) electrons. The predicted molar refractivity (Wildman–Crippen MR) is 78.3 cm³/mol. The highest BCUT2D eigenvalue weighted by Gasteiger charge is 2.37. The van der Waals surface area contributed by atoms with Gasteiger partial charge >= 0.3 is 0 Å². The van der Waals surface area contributed by atoms with Crippen molar-refractivity contribution in [3.63, 3.8) is 0 Å². The summed E-state index contributed by atoms with van der Waals surface area (Å²) in [6.45, 7) is 1.87. The number of thioether (sulfide) groups is 1. The van der Waals surface area contributed by atoms with Gasteiger partial charge in [0.2, 0.25) is 0 Å². The Kier molecular flexibility index (Phi) is 3.20. The van der Waals surface area contributed by atoms with Crippen LogP contribution in [0.25, 0.3) is 6.08 Å². The molecular formula is C15H11NO3S. The number of furan rings is 1. The minimum atomic E-state index is -0.314. The average Bonchev–Trinajstić information content (AvgIpc) is 3.01. The lowest BCUT2D eigenvalue weighted by atomic mass is 10.2. The second kappa shape index (κ2) is 5.02. The highest BCUT2D eigenvalue weighted by Crippen LogP contribution is 2.36. The van der Waals surface area contributed by atoms with E-state index in [1.807, 2.05) is 25.1 Å². The molecule has 2 heterocycles. The third-order valence-corrected chi connectivity index (χ3v) is 3.84. The van der Waals surface area contributed by atoms with Gasteiger partial charge in [-0.25, -0.2) is 4.90 Å². The number of imide groups is 1. The van der Waals surface area contributed by atoms with Crippen LogP contribution in [0.5, 0.6) is 0 Å². The van der Waals surface area contributed by atoms with E-state index in [2.05, 4.69) is 0 Å². The SMILES string of the molecule is Cc1ccccc1N1C(=O)S/C(=C/c2ccco2)C1=O. The van der Waals surface area contributed by atoms with Crippen LogP contribution in [0.2, 0.25) is 0 Å². The number of hydrogen-bond acceptors (Lipinski definition) is 4. The van der Waals surface area contributed by atoms with E-state index >= 15 is 0 Å². The van der Waals surface area contributed by atoms with Gasteiger partial charge in [0, 0.05) is 6.08 Å². The summed E-state index contributed by atoms with van der Waals surface area (Å²) in [4.78, 5) is 26.0. The number of para-hydroxylation sites is 1. The Hall–Kier alpha value is -2.27. The number of aryl methyl sites for hydroxylation is 1. The highest BCUT2D eigenvalue weighted by atomic mass is 32.2. The number of carbonyl (C=O) groups excluding carboxylic acids is 2. The molecule has 4 nitrogen and oxygen atoms in total. The van der Waals surface area contributed by atoms with Gasteiger partial charge in [-0.2, -0.15) is 0 Å². The number of benzene rings is 1. The van der Waals surface area contributed by atoms with Crippen LogP contribution in [-0.4, -0.2) is 11.1 Å². The molecule has 3 rings (SSSR count). The van der Waals surface area contributed by atoms with Crippen LogP contribution in [0.15, 0.2) is 52.0 Å². The molecule has 0 N–H and O–H groups in total. The molecule has 0 aliphatic carbocycles. The van der Waals surface area contributed by atoms with Crippen molar-refractivity contribution in [2.75, 3.05) is 4.90 Å². The third kappa shape index (κ3) is 2.16. The summed E-state index contributed by atoms with van der Waals surface area (Å²) in [5, 5.41) is -0.290. The van der Waals surface area contributed by atoms with Crippen molar-refractivity contribution in [3.05, 3.63) is 58.9 Å². The van der Waals surface area contributed by atoms with Gasteiger partial charge in [-0.1, -0.05) is 18.2 Å². The maximum Gasteiger partial charge on any atom is 0.298 e. The van der Waals surface area contributed by atoms with Gasteiger partial charge in [-0.15, -0.1) is 0 Å². The highest BCUT2D eigenvalue weighted by molar-refractivity contribution is 8.19. The van der Waals surface area contributed by atoms with Crippen LogP contribution in [-0.2, 0) is 4.79 Å². The van der Waals surface area contributed by atoms with Crippen LogP contribution in [0, 0.1) is 6.92 Å². The van der Waals surface area contributed by atoms with Crippen molar-refractivity contribution >= 4 is 34.7 Å². The summed E-state index contributed by atoms with van der Waals surface area (Å²) in [5.74, 6) is 0.242. The van der Waals surface area contributed by atoms with Crippen LogP contribution in [0.3, 0.4) is 0 Å². The standard InChI is InChI=1S/C15H11NO3S/c1-10-5-2-3-7-12(10)16-14(17)13(20-15(16)18)9-11-6-4-8-19-11/h2-9H,1H3/b13-9+. The fourth-order valence-corrected chi connectivity index (χ4v) is 2.81. The van der Waals surface area contributed by atoms with Gasteiger partial charge < -0.3 is 4.42 Å². The first kappa shape index (κ1) is 12.7. The first-order valence-corrected chi connectivity index (χ1v) is 6.85. The van der Waals surface area contributed by atoms with Crippen molar-refractivity contribution in [1.29, 1.82) is 0 Å². The van der Waals surface area contributed by atoms with Crippen molar-refractivity contribution < 1.29 is 14.0 Å². The van der Waals surface area contributed by atoms with E-state index < -0.39 is 0 Å². The van der Waals surface area contributed by atoms with E-state index in [4.69, 9.17) is 4.42 Å². The zero-order chi connectivity index (χ0) is 14.1. The summed E-state index contributed by atoms with van der Waals surface area (Å²) in [6, 6.07) is 10.8. The lowest BCUT2D eigenvalue weighted by molar-refractivity contribution is -0.113. The Balaban J connectivity index is 1.98. The summed E-state index contributed by atoms with van der Waals surface area (Å²) in [7, 11) is 0. The molecule has 20 heavy (non-hydrogen) atoms. The zero-order valence-corrected chi connectivity index (χ0v) is 11.5. The topological polar surface area (TPSA) is 50.5 Å². The molecule has 2 aromatic rings. The number of rotatable bonds is 2. The van der Waals surface area contributed by atoms with E-state index in [0.29, 0.717) is 16.4 Å². The number of hydrogen-bond donors (Lipinski definition) is 0. The molecule has 1 aliphatic heterocycles. The fraction of sp³-hybridized carbons (Fsp3) is 0.0667. The summed E-state index contributed by atoms with van der Waals surface area (Å²) < 4.78 is 5.17. The summed E-state index contributed by atoms with van der Waals surface area (Å²) in [6.07, 6.45) is 3.11. The van der Waals surface area contributed by atoms with Crippen LogP contribution < -0.4 is 4.90 Å². The monoisotopic (exact) mass is 285 g/mol. The number of amides is 2. The quantitative estimate of drug-likeness (QED) is 0.787. The second-order valence-electron chi connectivity index (χ2n) is 4.32. The largest absolute Gasteiger partial charge is 0.465 e. The smallest absolute Gasteiger partial charge is 0.298 e. The van der Waals surface area contributed by atoms with Crippen molar-refractivity contribution in [2.24, 2.45) is 0 Å². The molecule has 2 amide bonds. The predicted octanol–water partition coefficient (Wildman–Crippen LogP) is 3.83. The molecule has 1 aromatic carbocycles. The second-order valence-corrected chi connectivity index (χ2v) is 5.31. The number of carbonyl (C=O) groups is 2. The molecule has 1 saturated heterocycles. The third-order valence-electron chi connectivity index (χ3n) is 2.97. The number of nitrogens with zero attached hydrogens (tertiary/aromatic N) is 1. The van der Waals surface area contributed by atoms with Crippen LogP contribution in [0.4, 0.5) is 10.5 Å². The van der Waals surface area contributed by atoms with E-state index in [1.165, 1.54) is 11.2 Å². The van der Waals surface area contributed by atoms with Gasteiger partial charge in [0.05, 0.1) is 16.9 Å². The molecule has 1 aliphatic rings. The minimum Gasteiger partial charge on any atom is -0.465 e. The lowest BCUT2D eigenvalue weighted by Gasteiger charge is -2.14. The maximum absolute atomic E-state index is 12.4. The zero-order valence-electron chi connectivity index (χ0n) is 10.7. The molecule has 0 bridgehead atoms. The molecular weight excluding hydrogens is 274 g/mol. The van der Waals surface area contributed by atoms with Crippen molar-refractivity contribution in [2.45, 2.75) is 6.92 Å². The average molecular weight is 285 g/mol. The van der Waals surface area contributed by atoms with E-state index in [-0.39, 0.29) is 11.1 Å². The fourth-order valence-electron chi connectivity index (χ4n) is 1.99. The van der Waals surface area contributed by atoms with Crippen molar-refractivity contribution in [1.82, 2.24) is 0 Å². The van der Waals surface area contributed by atoms with E-state index in [1.54, 1.807) is 24.3 Å². The molecule has 1 aromatic heterocycles. The first-order valence-electron chi connectivity index (χ1n) is 6.04. The van der Waals surface area contributed by atoms with Gasteiger partial charge in [-0.05, 0) is 42.4 Å². The van der Waals surface area contributed by atoms with Crippen molar-refractivity contribution in [3.8, 4) is 0 Å². The van der Waals surface area contributed by atoms with Gasteiger partial charge in [0.1, 0.15) is 5.76 Å². The van der Waals surface area contributed by atoms with E-state index in [9.17, 15) is 9.59 Å². The molecule has 0 saturated carbocycles. The Morgan fingerprint density at radius 1 is 1.15 bits per heavy atom. The molecule has 0 spiro atoms. The van der Waals surface area contributed by atoms with Gasteiger partial charge in [-0.3, -0.25) is 9.59 Å². The molecule has 0 atom stereocenters. The molecule has 5 heteroatoms. The normalized spacial score (nSPS) is 17.2.